The van der Waals surface area contributed by atoms with Gasteiger partial charge in [0.05, 0.1) is 6.21 Å². The Labute approximate surface area is 131 Å². The predicted molar refractivity (Wildman–Crippen MR) is 83.0 cm³/mol. The molecular formula is C15H12ClN3O3. The Balaban J connectivity index is 1.76. The van der Waals surface area contributed by atoms with E-state index < -0.39 is 6.03 Å². The van der Waals surface area contributed by atoms with Crippen LogP contribution < -0.4 is 15.7 Å². The number of hydrogen-bond acceptors (Lipinski definition) is 4. The molecule has 2 amide bonds. The van der Waals surface area contributed by atoms with E-state index in [4.69, 9.17) is 16.4 Å². The highest BCUT2D eigenvalue weighted by atomic mass is 35.5. The minimum absolute atomic E-state index is 0.320. The zero-order valence-corrected chi connectivity index (χ0v) is 12.1. The van der Waals surface area contributed by atoms with Crippen LogP contribution in [0.1, 0.15) is 10.4 Å². The quantitative estimate of drug-likeness (QED) is 0.505. The fraction of sp³-hybridized carbons (Fsp3) is 0. The van der Waals surface area contributed by atoms with Gasteiger partial charge in [0.1, 0.15) is 0 Å². The number of rotatable bonds is 5. The van der Waals surface area contributed by atoms with Crippen molar-refractivity contribution in [2.75, 3.05) is 0 Å². The third kappa shape index (κ3) is 4.92. The molecule has 2 aromatic carbocycles. The maximum atomic E-state index is 11.7. The van der Waals surface area contributed by atoms with Gasteiger partial charge in [0.25, 0.3) is 0 Å². The normalized spacial score (nSPS) is 10.2. The summed E-state index contributed by atoms with van der Waals surface area (Å²) in [6.45, 7) is 0. The fourth-order valence-electron chi connectivity index (χ4n) is 1.46. The number of nitrogens with zero attached hydrogens (tertiary/aromatic N) is 1. The maximum Gasteiger partial charge on any atom is 0.368 e. The van der Waals surface area contributed by atoms with Crippen LogP contribution >= 0.6 is 11.6 Å². The van der Waals surface area contributed by atoms with Crippen LogP contribution in [0.2, 0.25) is 5.02 Å². The van der Waals surface area contributed by atoms with E-state index in [-0.39, 0.29) is 5.78 Å². The number of ketones is 1. The molecule has 22 heavy (non-hydrogen) atoms. The third-order valence-corrected chi connectivity index (χ3v) is 2.73. The molecule has 112 valence electrons. The zero-order chi connectivity index (χ0) is 15.8. The molecule has 0 spiro atoms. The monoisotopic (exact) mass is 317 g/mol. The average molecular weight is 318 g/mol. The van der Waals surface area contributed by atoms with Gasteiger partial charge < -0.3 is 4.84 Å². The van der Waals surface area contributed by atoms with Crippen molar-refractivity contribution in [2.24, 2.45) is 5.10 Å². The van der Waals surface area contributed by atoms with Crippen molar-refractivity contribution in [3.8, 4) is 5.75 Å². The molecule has 0 aromatic heterocycles. The van der Waals surface area contributed by atoms with Crippen molar-refractivity contribution in [3.63, 3.8) is 0 Å². The molecule has 0 bridgehead atoms. The lowest BCUT2D eigenvalue weighted by atomic mass is 10.1. The van der Waals surface area contributed by atoms with Gasteiger partial charge in [-0.3, -0.25) is 4.79 Å². The first kappa shape index (κ1) is 15.5. The Morgan fingerprint density at radius 1 is 1.05 bits per heavy atom. The number of benzene rings is 2. The number of halogens is 1. The lowest BCUT2D eigenvalue weighted by molar-refractivity contribution is 0.107. The number of hydrazone groups is 1. The Morgan fingerprint density at radius 2 is 1.73 bits per heavy atom. The van der Waals surface area contributed by atoms with Crippen molar-refractivity contribution in [1.29, 1.82) is 0 Å². The predicted octanol–water partition coefficient (Wildman–Crippen LogP) is 2.80. The highest BCUT2D eigenvalue weighted by Crippen LogP contribution is 2.14. The number of hydrogen-bond donors (Lipinski definition) is 2. The second-order valence-corrected chi connectivity index (χ2v) is 4.52. The topological polar surface area (TPSA) is 79.8 Å². The molecule has 0 radical (unpaired) electrons. The van der Waals surface area contributed by atoms with E-state index in [9.17, 15) is 9.59 Å². The molecular weight excluding hydrogens is 306 g/mol. The highest BCUT2D eigenvalue weighted by molar-refractivity contribution is 6.35. The lowest BCUT2D eigenvalue weighted by Crippen LogP contribution is -2.35. The molecule has 0 atom stereocenters. The second kappa shape index (κ2) is 7.80. The van der Waals surface area contributed by atoms with E-state index in [0.29, 0.717) is 16.3 Å². The first-order chi connectivity index (χ1) is 10.6. The van der Waals surface area contributed by atoms with Crippen molar-refractivity contribution in [1.82, 2.24) is 10.9 Å². The minimum atomic E-state index is -0.716. The van der Waals surface area contributed by atoms with Crippen molar-refractivity contribution in [2.45, 2.75) is 0 Å². The summed E-state index contributed by atoms with van der Waals surface area (Å²) >= 11 is 5.72. The van der Waals surface area contributed by atoms with Crippen molar-refractivity contribution < 1.29 is 14.4 Å². The number of carbonyl (C=O) groups is 2. The summed E-state index contributed by atoms with van der Waals surface area (Å²) in [6.07, 6.45) is 1.01. The van der Waals surface area contributed by atoms with E-state index in [0.717, 1.165) is 6.21 Å². The molecule has 2 N–H and O–H groups in total. The Morgan fingerprint density at radius 3 is 2.41 bits per heavy atom. The van der Waals surface area contributed by atoms with Gasteiger partial charge in [-0.2, -0.15) is 10.6 Å². The summed E-state index contributed by atoms with van der Waals surface area (Å²) in [5.74, 6) is 0.0865. The number of carbonyl (C=O) groups excluding carboxylic acids is 2. The van der Waals surface area contributed by atoms with E-state index in [2.05, 4.69) is 16.0 Å². The first-order valence-corrected chi connectivity index (χ1v) is 6.64. The average Bonchev–Trinajstić information content (AvgIpc) is 2.55. The SMILES string of the molecule is O=C(N/N=C/C(=O)c1ccccc1)NOc1ccc(Cl)cc1. The first-order valence-electron chi connectivity index (χ1n) is 6.26. The molecule has 0 heterocycles. The van der Waals surface area contributed by atoms with Crippen LogP contribution in [0.25, 0.3) is 0 Å². The van der Waals surface area contributed by atoms with Gasteiger partial charge >= 0.3 is 6.03 Å². The van der Waals surface area contributed by atoms with Gasteiger partial charge in [-0.15, -0.1) is 0 Å². The van der Waals surface area contributed by atoms with Crippen LogP contribution in [0.4, 0.5) is 4.79 Å². The maximum absolute atomic E-state index is 11.7. The second-order valence-electron chi connectivity index (χ2n) is 4.09. The van der Waals surface area contributed by atoms with E-state index in [1.165, 1.54) is 0 Å². The van der Waals surface area contributed by atoms with Gasteiger partial charge in [-0.05, 0) is 24.3 Å². The minimum Gasteiger partial charge on any atom is -0.378 e. The Hall–Kier alpha value is -2.86. The standard InChI is InChI=1S/C15H12ClN3O3/c16-12-6-8-13(9-7-12)22-19-15(21)18-17-10-14(20)11-4-2-1-3-5-11/h1-10H,(H2,18,19,21)/b17-10+. The molecule has 0 aliphatic carbocycles. The number of nitrogens with one attached hydrogen (secondary N) is 2. The summed E-state index contributed by atoms with van der Waals surface area (Å²) in [6, 6.07) is 14.3. The van der Waals surface area contributed by atoms with Gasteiger partial charge in [0, 0.05) is 10.6 Å². The lowest BCUT2D eigenvalue weighted by Gasteiger charge is -2.05. The van der Waals surface area contributed by atoms with Gasteiger partial charge in [0.2, 0.25) is 5.78 Å². The highest BCUT2D eigenvalue weighted by Gasteiger charge is 2.02. The van der Waals surface area contributed by atoms with Crippen LogP contribution in [0.15, 0.2) is 59.7 Å². The van der Waals surface area contributed by atoms with E-state index in [1.54, 1.807) is 54.6 Å². The summed E-state index contributed by atoms with van der Waals surface area (Å²) in [5, 5.41) is 4.09. The number of urea groups is 1. The molecule has 2 rings (SSSR count). The van der Waals surface area contributed by atoms with Crippen LogP contribution in [-0.4, -0.2) is 18.0 Å². The summed E-state index contributed by atoms with van der Waals surface area (Å²) in [5.41, 5.74) is 4.70. The van der Waals surface area contributed by atoms with Crippen LogP contribution in [0, 0.1) is 0 Å². The molecule has 0 saturated heterocycles. The van der Waals surface area contributed by atoms with E-state index in [1.807, 2.05) is 0 Å². The molecule has 2 aromatic rings. The zero-order valence-electron chi connectivity index (χ0n) is 11.3. The molecule has 0 saturated carbocycles. The number of Topliss-reactive ketones (excluding diaryl/α,β-unsaturated/α-hetero) is 1. The van der Waals surface area contributed by atoms with Crippen molar-refractivity contribution >= 4 is 29.6 Å². The fourth-order valence-corrected chi connectivity index (χ4v) is 1.58. The van der Waals surface area contributed by atoms with Crippen LogP contribution in [0.5, 0.6) is 5.75 Å². The number of amides is 2. The summed E-state index contributed by atoms with van der Waals surface area (Å²) in [7, 11) is 0. The van der Waals surface area contributed by atoms with Crippen LogP contribution in [0.3, 0.4) is 0 Å². The van der Waals surface area contributed by atoms with E-state index >= 15 is 0 Å². The summed E-state index contributed by atoms with van der Waals surface area (Å²) in [4.78, 5) is 28.1. The number of hydroxylamine groups is 1. The smallest absolute Gasteiger partial charge is 0.368 e. The molecule has 6 nitrogen and oxygen atoms in total. The van der Waals surface area contributed by atoms with Gasteiger partial charge in [0.15, 0.2) is 5.75 Å². The molecule has 7 heteroatoms. The van der Waals surface area contributed by atoms with Crippen LogP contribution in [-0.2, 0) is 0 Å². The molecule has 0 aliphatic rings. The summed E-state index contributed by atoms with van der Waals surface area (Å²) < 4.78 is 0. The Bertz CT molecular complexity index is 672. The van der Waals surface area contributed by atoms with Gasteiger partial charge in [-0.25, -0.2) is 10.2 Å². The molecule has 0 aliphatic heterocycles. The third-order valence-electron chi connectivity index (χ3n) is 2.48. The van der Waals surface area contributed by atoms with Crippen molar-refractivity contribution in [3.05, 3.63) is 65.2 Å². The molecule has 0 fully saturated rings. The largest absolute Gasteiger partial charge is 0.378 e. The molecule has 0 unspecified atom stereocenters. The van der Waals surface area contributed by atoms with Gasteiger partial charge in [-0.1, -0.05) is 41.9 Å². The Kier molecular flexibility index (Phi) is 5.50.